The van der Waals surface area contributed by atoms with Gasteiger partial charge in [-0.1, -0.05) is 20.3 Å². The Hall–Kier alpha value is -0.650. The van der Waals surface area contributed by atoms with E-state index in [1.54, 1.807) is 24.2 Å². The number of nitrogens with one attached hydrogen (secondary N) is 1. The summed E-state index contributed by atoms with van der Waals surface area (Å²) in [6, 6.07) is 0.396. The van der Waals surface area contributed by atoms with Gasteiger partial charge < -0.3 is 10.4 Å². The molecule has 106 valence electrons. The molecule has 4 nitrogen and oxygen atoms in total. The van der Waals surface area contributed by atoms with Gasteiger partial charge in [0.25, 0.3) is 0 Å². The van der Waals surface area contributed by atoms with Crippen LogP contribution in [0.3, 0.4) is 0 Å². The minimum Gasteiger partial charge on any atom is -0.394 e. The van der Waals surface area contributed by atoms with Crippen molar-refractivity contribution >= 4 is 11.8 Å². The predicted molar refractivity (Wildman–Crippen MR) is 78.2 cm³/mol. The maximum atomic E-state index is 9.77. The van der Waals surface area contributed by atoms with Crippen LogP contribution in [0.5, 0.6) is 0 Å². The Balaban J connectivity index is 1.99. The molecule has 5 heteroatoms. The van der Waals surface area contributed by atoms with Gasteiger partial charge in [0.15, 0.2) is 0 Å². The minimum atomic E-state index is -0.119. The topological polar surface area (TPSA) is 58.0 Å². The summed E-state index contributed by atoms with van der Waals surface area (Å²) >= 11 is 1.78. The third-order valence-electron chi connectivity index (χ3n) is 3.52. The van der Waals surface area contributed by atoms with Crippen molar-refractivity contribution in [3.05, 3.63) is 18.6 Å². The molecule has 0 aliphatic heterocycles. The van der Waals surface area contributed by atoms with Gasteiger partial charge in [0.2, 0.25) is 0 Å². The van der Waals surface area contributed by atoms with E-state index in [0.29, 0.717) is 11.3 Å². The van der Waals surface area contributed by atoms with E-state index in [-0.39, 0.29) is 12.1 Å². The minimum absolute atomic E-state index is 0.119. The molecule has 2 rings (SSSR count). The molecule has 2 N–H and O–H groups in total. The van der Waals surface area contributed by atoms with E-state index < -0.39 is 0 Å². The Kier molecular flexibility index (Phi) is 5.19. The molecular weight excluding hydrogens is 258 g/mol. The van der Waals surface area contributed by atoms with Crippen LogP contribution in [0.2, 0.25) is 0 Å². The third kappa shape index (κ3) is 4.16. The summed E-state index contributed by atoms with van der Waals surface area (Å²) in [7, 11) is 0. The highest BCUT2D eigenvalue weighted by Gasteiger charge is 2.36. The van der Waals surface area contributed by atoms with E-state index in [1.807, 2.05) is 6.20 Å². The Morgan fingerprint density at radius 3 is 3.00 bits per heavy atom. The molecule has 2 unspecified atom stereocenters. The molecule has 0 radical (unpaired) electrons. The SMILES string of the molecule is CC(C)NC1(CO)CCCC(Sc2cnccn2)C1. The van der Waals surface area contributed by atoms with E-state index in [9.17, 15) is 5.11 Å². The molecule has 0 amide bonds. The first kappa shape index (κ1) is 14.8. The quantitative estimate of drug-likeness (QED) is 0.867. The normalized spacial score (nSPS) is 27.7. The van der Waals surface area contributed by atoms with Crippen molar-refractivity contribution < 1.29 is 5.11 Å². The molecule has 1 aromatic heterocycles. The molecule has 1 aromatic rings. The average Bonchev–Trinajstić information content (AvgIpc) is 2.39. The number of hydrogen-bond acceptors (Lipinski definition) is 5. The van der Waals surface area contributed by atoms with E-state index in [4.69, 9.17) is 0 Å². The molecule has 19 heavy (non-hydrogen) atoms. The first-order valence-electron chi connectivity index (χ1n) is 6.95. The van der Waals surface area contributed by atoms with Crippen LogP contribution in [0.4, 0.5) is 0 Å². The maximum absolute atomic E-state index is 9.77. The lowest BCUT2D eigenvalue weighted by Gasteiger charge is -2.41. The van der Waals surface area contributed by atoms with Crippen LogP contribution in [-0.2, 0) is 0 Å². The predicted octanol–water partition coefficient (Wildman–Crippen LogP) is 2.24. The summed E-state index contributed by atoms with van der Waals surface area (Å²) < 4.78 is 0. The summed E-state index contributed by atoms with van der Waals surface area (Å²) in [4.78, 5) is 8.43. The van der Waals surface area contributed by atoms with Gasteiger partial charge in [-0.15, -0.1) is 11.8 Å². The van der Waals surface area contributed by atoms with E-state index in [2.05, 4.69) is 29.1 Å². The maximum Gasteiger partial charge on any atom is 0.115 e. The van der Waals surface area contributed by atoms with E-state index in [0.717, 1.165) is 24.3 Å². The van der Waals surface area contributed by atoms with E-state index >= 15 is 0 Å². The van der Waals surface area contributed by atoms with Gasteiger partial charge in [-0.2, -0.15) is 0 Å². The standard InChI is InChI=1S/C14H23N3OS/c1-11(2)17-14(10-18)5-3-4-12(8-14)19-13-9-15-6-7-16-13/h6-7,9,11-12,17-18H,3-5,8,10H2,1-2H3. The molecule has 0 spiro atoms. The molecular formula is C14H23N3OS. The molecule has 1 aliphatic carbocycles. The average molecular weight is 281 g/mol. The largest absolute Gasteiger partial charge is 0.394 e. The molecule has 1 heterocycles. The molecule has 1 fully saturated rings. The first-order chi connectivity index (χ1) is 9.13. The van der Waals surface area contributed by atoms with E-state index in [1.165, 1.54) is 6.42 Å². The van der Waals surface area contributed by atoms with Crippen LogP contribution in [0.15, 0.2) is 23.6 Å². The van der Waals surface area contributed by atoms with Gasteiger partial charge in [0, 0.05) is 29.2 Å². The Labute approximate surface area is 119 Å². The molecule has 0 bridgehead atoms. The summed E-state index contributed by atoms with van der Waals surface area (Å²) in [6.45, 7) is 4.48. The second kappa shape index (κ2) is 6.68. The Bertz CT molecular complexity index is 388. The van der Waals surface area contributed by atoms with Gasteiger partial charge in [0.05, 0.1) is 12.8 Å². The molecule has 1 saturated carbocycles. The number of aromatic nitrogens is 2. The van der Waals surface area contributed by atoms with Crippen molar-refractivity contribution in [1.29, 1.82) is 0 Å². The van der Waals surface area contributed by atoms with Gasteiger partial charge in [-0.25, -0.2) is 4.98 Å². The molecule has 0 saturated heterocycles. The monoisotopic (exact) mass is 281 g/mol. The zero-order valence-corrected chi connectivity index (χ0v) is 12.5. The second-order valence-electron chi connectivity index (χ2n) is 5.62. The van der Waals surface area contributed by atoms with Gasteiger partial charge in [0.1, 0.15) is 5.03 Å². The second-order valence-corrected chi connectivity index (χ2v) is 6.94. The number of hydrogen-bond donors (Lipinski definition) is 2. The Morgan fingerprint density at radius 1 is 1.53 bits per heavy atom. The molecule has 0 aromatic carbocycles. The number of nitrogens with zero attached hydrogens (tertiary/aromatic N) is 2. The van der Waals surface area contributed by atoms with Crippen molar-refractivity contribution in [3.8, 4) is 0 Å². The van der Waals surface area contributed by atoms with Crippen LogP contribution in [0.25, 0.3) is 0 Å². The highest BCUT2D eigenvalue weighted by molar-refractivity contribution is 7.99. The van der Waals surface area contributed by atoms with Crippen LogP contribution < -0.4 is 5.32 Å². The number of rotatable bonds is 5. The summed E-state index contributed by atoms with van der Waals surface area (Å²) in [5.41, 5.74) is -0.119. The fourth-order valence-electron chi connectivity index (χ4n) is 2.86. The van der Waals surface area contributed by atoms with Crippen molar-refractivity contribution in [2.24, 2.45) is 0 Å². The Morgan fingerprint density at radius 2 is 2.37 bits per heavy atom. The summed E-state index contributed by atoms with van der Waals surface area (Å²) in [6.07, 6.45) is 9.62. The summed E-state index contributed by atoms with van der Waals surface area (Å²) in [5, 5.41) is 14.8. The third-order valence-corrected chi connectivity index (χ3v) is 4.71. The number of thioether (sulfide) groups is 1. The molecule has 2 atom stereocenters. The smallest absolute Gasteiger partial charge is 0.115 e. The van der Waals surface area contributed by atoms with Crippen molar-refractivity contribution in [3.63, 3.8) is 0 Å². The fourth-order valence-corrected chi connectivity index (χ4v) is 4.13. The van der Waals surface area contributed by atoms with Crippen molar-refractivity contribution in [2.45, 2.75) is 61.4 Å². The van der Waals surface area contributed by atoms with Crippen molar-refractivity contribution in [2.75, 3.05) is 6.61 Å². The highest BCUT2D eigenvalue weighted by Crippen LogP contribution is 2.37. The highest BCUT2D eigenvalue weighted by atomic mass is 32.2. The number of aliphatic hydroxyl groups is 1. The zero-order valence-electron chi connectivity index (χ0n) is 11.7. The van der Waals surface area contributed by atoms with Crippen molar-refractivity contribution in [1.82, 2.24) is 15.3 Å². The van der Waals surface area contributed by atoms with Crippen LogP contribution in [0, 0.1) is 0 Å². The lowest BCUT2D eigenvalue weighted by Crippen LogP contribution is -2.54. The fraction of sp³-hybridized carbons (Fsp3) is 0.714. The lowest BCUT2D eigenvalue weighted by molar-refractivity contribution is 0.115. The first-order valence-corrected chi connectivity index (χ1v) is 7.83. The van der Waals surface area contributed by atoms with Gasteiger partial charge >= 0.3 is 0 Å². The van der Waals surface area contributed by atoms with Crippen LogP contribution >= 0.6 is 11.8 Å². The van der Waals surface area contributed by atoms with Crippen LogP contribution in [0.1, 0.15) is 39.5 Å². The number of aliphatic hydroxyl groups excluding tert-OH is 1. The molecule has 1 aliphatic rings. The lowest BCUT2D eigenvalue weighted by atomic mass is 9.81. The van der Waals surface area contributed by atoms with Crippen LogP contribution in [-0.4, -0.2) is 38.5 Å². The zero-order chi connectivity index (χ0) is 13.7. The van der Waals surface area contributed by atoms with Gasteiger partial charge in [-0.3, -0.25) is 4.98 Å². The summed E-state index contributed by atoms with van der Waals surface area (Å²) in [5.74, 6) is 0. The van der Waals surface area contributed by atoms with Gasteiger partial charge in [-0.05, 0) is 19.3 Å².